The summed E-state index contributed by atoms with van der Waals surface area (Å²) in [5, 5.41) is 6.87. The van der Waals surface area contributed by atoms with Crippen LogP contribution in [0, 0.1) is 18.7 Å². The number of halogens is 1. The molecule has 1 N–H and O–H groups in total. The lowest BCUT2D eigenvalue weighted by molar-refractivity contribution is 0.0926. The van der Waals surface area contributed by atoms with Crippen LogP contribution in [0.4, 0.5) is 4.39 Å². The number of carbonyl (C=O) groups is 1. The molecule has 0 bridgehead atoms. The van der Waals surface area contributed by atoms with E-state index in [4.69, 9.17) is 0 Å². The van der Waals surface area contributed by atoms with Crippen LogP contribution in [0.25, 0.3) is 5.69 Å². The first-order valence-corrected chi connectivity index (χ1v) is 8.53. The predicted molar refractivity (Wildman–Crippen MR) is 99.2 cm³/mol. The zero-order chi connectivity index (χ0) is 19.4. The lowest BCUT2D eigenvalue weighted by Crippen LogP contribution is -2.44. The molecule has 140 valence electrons. The molecule has 7 heteroatoms. The van der Waals surface area contributed by atoms with E-state index in [1.807, 2.05) is 19.0 Å². The van der Waals surface area contributed by atoms with Gasteiger partial charge < -0.3 is 10.2 Å². The molecule has 1 atom stereocenters. The van der Waals surface area contributed by atoms with Gasteiger partial charge in [0.1, 0.15) is 11.5 Å². The predicted octanol–water partition coefficient (Wildman–Crippen LogP) is 2.00. The van der Waals surface area contributed by atoms with Crippen LogP contribution in [0.2, 0.25) is 0 Å². The summed E-state index contributed by atoms with van der Waals surface area (Å²) in [6.07, 6.45) is 0. The molecule has 1 amide bonds. The lowest BCUT2D eigenvalue weighted by atomic mass is 10.0. The van der Waals surface area contributed by atoms with Gasteiger partial charge in [0.15, 0.2) is 5.69 Å². The zero-order valence-electron chi connectivity index (χ0n) is 15.8. The first-order valence-electron chi connectivity index (χ1n) is 8.53. The minimum atomic E-state index is -0.562. The van der Waals surface area contributed by atoms with E-state index in [2.05, 4.69) is 24.3 Å². The monoisotopic (exact) mass is 360 g/mol. The Morgan fingerprint density at radius 1 is 1.31 bits per heavy atom. The number of benzene rings is 1. The Balaban J connectivity index is 2.32. The van der Waals surface area contributed by atoms with Gasteiger partial charge in [0, 0.05) is 24.3 Å². The highest BCUT2D eigenvalue weighted by Gasteiger charge is 2.20. The molecule has 0 radical (unpaired) electrons. The van der Waals surface area contributed by atoms with E-state index in [0.717, 1.165) is 0 Å². The van der Waals surface area contributed by atoms with Crippen molar-refractivity contribution in [2.75, 3.05) is 20.6 Å². The molecule has 0 spiro atoms. The van der Waals surface area contributed by atoms with Gasteiger partial charge >= 0.3 is 0 Å². The highest BCUT2D eigenvalue weighted by Crippen LogP contribution is 2.13. The molecule has 6 nitrogen and oxygen atoms in total. The number of nitrogens with one attached hydrogen (secondary N) is 1. The maximum atomic E-state index is 14.1. The molecule has 0 aliphatic heterocycles. The maximum absolute atomic E-state index is 14.1. The summed E-state index contributed by atoms with van der Waals surface area (Å²) in [7, 11) is 3.87. The lowest BCUT2D eigenvalue weighted by Gasteiger charge is -2.28. The van der Waals surface area contributed by atoms with Crippen LogP contribution < -0.4 is 10.7 Å². The minimum absolute atomic E-state index is 0.123. The van der Waals surface area contributed by atoms with E-state index in [0.29, 0.717) is 18.2 Å². The number of aromatic nitrogens is 2. The molecule has 0 unspecified atom stereocenters. The van der Waals surface area contributed by atoms with E-state index in [1.165, 1.54) is 16.8 Å². The smallest absolute Gasteiger partial charge is 0.275 e. The third-order valence-corrected chi connectivity index (χ3v) is 4.31. The Bertz CT molecular complexity index is 838. The van der Waals surface area contributed by atoms with E-state index in [1.54, 1.807) is 25.1 Å². The summed E-state index contributed by atoms with van der Waals surface area (Å²) in [5.41, 5.74) is -0.101. The third kappa shape index (κ3) is 4.35. The number of hydrogen-bond donors (Lipinski definition) is 1. The Hall–Kier alpha value is -2.54. The van der Waals surface area contributed by atoms with Crippen molar-refractivity contribution in [1.82, 2.24) is 20.0 Å². The standard InChI is InChI=1S/C19H25FN4O2/c1-12(2)16(23(4)5)11-21-19(26)18-17(25)10-13(3)24(22-18)15-9-7-6-8-14(15)20/h6-10,12,16H,11H2,1-5H3,(H,21,26)/t16-/m0/s1. The van der Waals surface area contributed by atoms with Gasteiger partial charge in [0.05, 0.1) is 0 Å². The van der Waals surface area contributed by atoms with Crippen LogP contribution in [-0.2, 0) is 0 Å². The number of amides is 1. The second kappa shape index (κ2) is 8.23. The van der Waals surface area contributed by atoms with E-state index < -0.39 is 17.2 Å². The molecule has 1 aromatic carbocycles. The number of hydrogen-bond acceptors (Lipinski definition) is 4. The van der Waals surface area contributed by atoms with Crippen molar-refractivity contribution in [2.24, 2.45) is 5.92 Å². The summed E-state index contributed by atoms with van der Waals surface area (Å²) in [6.45, 7) is 6.15. The van der Waals surface area contributed by atoms with Crippen molar-refractivity contribution in [3.05, 3.63) is 57.8 Å². The molecule has 2 rings (SSSR count). The normalized spacial score (nSPS) is 12.5. The first kappa shape index (κ1) is 19.8. The third-order valence-electron chi connectivity index (χ3n) is 4.31. The Morgan fingerprint density at radius 2 is 1.96 bits per heavy atom. The molecular formula is C19H25FN4O2. The quantitative estimate of drug-likeness (QED) is 0.856. The van der Waals surface area contributed by atoms with Gasteiger partial charge in [-0.3, -0.25) is 9.59 Å². The van der Waals surface area contributed by atoms with E-state index in [9.17, 15) is 14.0 Å². The fourth-order valence-electron chi connectivity index (χ4n) is 2.87. The average Bonchev–Trinajstić information content (AvgIpc) is 2.55. The SMILES string of the molecule is Cc1cc(=O)c(C(=O)NC[C@@H](C(C)C)N(C)C)nn1-c1ccccc1F. The zero-order valence-corrected chi connectivity index (χ0v) is 15.8. The fourth-order valence-corrected chi connectivity index (χ4v) is 2.87. The molecule has 0 aliphatic carbocycles. The van der Waals surface area contributed by atoms with Crippen molar-refractivity contribution < 1.29 is 9.18 Å². The van der Waals surface area contributed by atoms with Gasteiger partial charge in [-0.15, -0.1) is 0 Å². The van der Waals surface area contributed by atoms with Gasteiger partial charge in [-0.1, -0.05) is 26.0 Å². The molecule has 1 aromatic heterocycles. The topological polar surface area (TPSA) is 67.2 Å². The molecule has 0 saturated carbocycles. The van der Waals surface area contributed by atoms with Crippen molar-refractivity contribution >= 4 is 5.91 Å². The van der Waals surface area contributed by atoms with Crippen molar-refractivity contribution in [3.8, 4) is 5.69 Å². The second-order valence-corrected chi connectivity index (χ2v) is 6.85. The highest BCUT2D eigenvalue weighted by molar-refractivity contribution is 5.92. The van der Waals surface area contributed by atoms with E-state index >= 15 is 0 Å². The van der Waals surface area contributed by atoms with Crippen LogP contribution >= 0.6 is 0 Å². The van der Waals surface area contributed by atoms with Gasteiger partial charge in [0.2, 0.25) is 5.43 Å². The molecule has 0 saturated heterocycles. The second-order valence-electron chi connectivity index (χ2n) is 6.85. The van der Waals surface area contributed by atoms with Gasteiger partial charge in [-0.05, 0) is 39.1 Å². The first-order chi connectivity index (χ1) is 12.2. The number of likely N-dealkylation sites (N-methyl/N-ethyl adjacent to an activating group) is 1. The van der Waals surface area contributed by atoms with Crippen LogP contribution in [0.3, 0.4) is 0 Å². The molecule has 0 fully saturated rings. The number of rotatable bonds is 6. The van der Waals surface area contributed by atoms with Crippen molar-refractivity contribution in [3.63, 3.8) is 0 Å². The van der Waals surface area contributed by atoms with Gasteiger partial charge in [-0.25, -0.2) is 9.07 Å². The van der Waals surface area contributed by atoms with Crippen LogP contribution in [0.5, 0.6) is 0 Å². The molecule has 0 aliphatic rings. The van der Waals surface area contributed by atoms with E-state index in [-0.39, 0.29) is 17.4 Å². The van der Waals surface area contributed by atoms with Crippen molar-refractivity contribution in [2.45, 2.75) is 26.8 Å². The van der Waals surface area contributed by atoms with Crippen LogP contribution in [0.15, 0.2) is 35.1 Å². The minimum Gasteiger partial charge on any atom is -0.349 e. The van der Waals surface area contributed by atoms with Crippen LogP contribution in [-0.4, -0.2) is 47.3 Å². The molecular weight excluding hydrogens is 335 g/mol. The van der Waals surface area contributed by atoms with Crippen molar-refractivity contribution in [1.29, 1.82) is 0 Å². The summed E-state index contributed by atoms with van der Waals surface area (Å²) < 4.78 is 15.4. The fraction of sp³-hybridized carbons (Fsp3) is 0.421. The molecule has 1 heterocycles. The maximum Gasteiger partial charge on any atom is 0.275 e. The highest BCUT2D eigenvalue weighted by atomic mass is 19.1. The van der Waals surface area contributed by atoms with Gasteiger partial charge in [-0.2, -0.15) is 5.10 Å². The number of aryl methyl sites for hydroxylation is 1. The van der Waals surface area contributed by atoms with Crippen LogP contribution in [0.1, 0.15) is 30.0 Å². The Labute approximate surface area is 152 Å². The summed E-state index contributed by atoms with van der Waals surface area (Å²) >= 11 is 0. The average molecular weight is 360 g/mol. The molecule has 26 heavy (non-hydrogen) atoms. The summed E-state index contributed by atoms with van der Waals surface area (Å²) in [5.74, 6) is -0.718. The summed E-state index contributed by atoms with van der Waals surface area (Å²) in [6, 6.07) is 7.50. The number of nitrogens with zero attached hydrogens (tertiary/aromatic N) is 3. The molecule has 2 aromatic rings. The number of para-hydroxylation sites is 1. The Morgan fingerprint density at radius 3 is 2.54 bits per heavy atom. The summed E-state index contributed by atoms with van der Waals surface area (Å²) in [4.78, 5) is 26.7. The number of carbonyl (C=O) groups excluding carboxylic acids is 1. The van der Waals surface area contributed by atoms with Gasteiger partial charge in [0.25, 0.3) is 5.91 Å². The Kier molecular flexibility index (Phi) is 6.26. The largest absolute Gasteiger partial charge is 0.349 e.